The summed E-state index contributed by atoms with van der Waals surface area (Å²) < 4.78 is 15.7. The number of fused-ring (bicyclic) bond motifs is 1. The number of hydrogen-bond donors (Lipinski definition) is 1. The summed E-state index contributed by atoms with van der Waals surface area (Å²) in [5.41, 5.74) is 2.60. The van der Waals surface area contributed by atoms with Gasteiger partial charge in [0.05, 0.1) is 5.56 Å². The van der Waals surface area contributed by atoms with Crippen molar-refractivity contribution < 1.29 is 23.8 Å². The summed E-state index contributed by atoms with van der Waals surface area (Å²) in [7, 11) is 0. The molecule has 1 heterocycles. The number of anilines is 1. The van der Waals surface area contributed by atoms with E-state index < -0.39 is 18.5 Å². The maximum atomic E-state index is 12.5. The van der Waals surface area contributed by atoms with Crippen molar-refractivity contribution in [1.82, 2.24) is 0 Å². The Hall–Kier alpha value is -3.80. The van der Waals surface area contributed by atoms with Crippen molar-refractivity contribution in [2.24, 2.45) is 0 Å². The molecular formula is C22H17NO5. The highest BCUT2D eigenvalue weighted by Crippen LogP contribution is 2.34. The van der Waals surface area contributed by atoms with Crippen LogP contribution >= 0.6 is 0 Å². The molecule has 1 aliphatic heterocycles. The van der Waals surface area contributed by atoms with E-state index in [-0.39, 0.29) is 6.79 Å². The van der Waals surface area contributed by atoms with Gasteiger partial charge in [0.15, 0.2) is 18.1 Å². The summed E-state index contributed by atoms with van der Waals surface area (Å²) in [6, 6.07) is 21.7. The smallest absolute Gasteiger partial charge is 0.339 e. The van der Waals surface area contributed by atoms with Gasteiger partial charge in [0, 0.05) is 11.8 Å². The van der Waals surface area contributed by atoms with E-state index in [0.717, 1.165) is 11.1 Å². The minimum absolute atomic E-state index is 0.158. The molecule has 6 heteroatoms. The van der Waals surface area contributed by atoms with E-state index in [2.05, 4.69) is 5.32 Å². The zero-order chi connectivity index (χ0) is 19.3. The first-order valence-electron chi connectivity index (χ1n) is 8.72. The van der Waals surface area contributed by atoms with Gasteiger partial charge < -0.3 is 19.5 Å². The lowest BCUT2D eigenvalue weighted by Gasteiger charge is -2.10. The Balaban J connectivity index is 1.40. The predicted octanol–water partition coefficient (Wildman–Crippen LogP) is 3.88. The molecule has 3 aromatic carbocycles. The van der Waals surface area contributed by atoms with Crippen LogP contribution in [0.3, 0.4) is 0 Å². The molecule has 4 rings (SSSR count). The highest BCUT2D eigenvalue weighted by molar-refractivity contribution is 5.99. The van der Waals surface area contributed by atoms with Crippen molar-refractivity contribution in [3.63, 3.8) is 0 Å². The number of amides is 1. The fourth-order valence-corrected chi connectivity index (χ4v) is 2.91. The number of carbonyl (C=O) groups excluding carboxylic acids is 2. The number of rotatable bonds is 5. The third-order valence-electron chi connectivity index (χ3n) is 4.22. The molecule has 1 aliphatic rings. The van der Waals surface area contributed by atoms with Crippen LogP contribution in [0.25, 0.3) is 11.1 Å². The summed E-state index contributed by atoms with van der Waals surface area (Å²) in [5, 5.41) is 2.67. The molecule has 0 atom stereocenters. The van der Waals surface area contributed by atoms with Gasteiger partial charge in [-0.25, -0.2) is 4.79 Å². The lowest BCUT2D eigenvalue weighted by Crippen LogP contribution is -2.21. The third kappa shape index (κ3) is 3.81. The zero-order valence-corrected chi connectivity index (χ0v) is 14.9. The first kappa shape index (κ1) is 17.6. The van der Waals surface area contributed by atoms with Crippen LogP contribution in [0.15, 0.2) is 72.8 Å². The quantitative estimate of drug-likeness (QED) is 0.685. The number of ether oxygens (including phenoxy) is 3. The third-order valence-corrected chi connectivity index (χ3v) is 4.22. The van der Waals surface area contributed by atoms with E-state index in [4.69, 9.17) is 14.2 Å². The Kier molecular flexibility index (Phi) is 4.93. The molecule has 0 bridgehead atoms. The van der Waals surface area contributed by atoms with Gasteiger partial charge >= 0.3 is 5.97 Å². The maximum Gasteiger partial charge on any atom is 0.339 e. The van der Waals surface area contributed by atoms with E-state index >= 15 is 0 Å². The first-order valence-corrected chi connectivity index (χ1v) is 8.72. The number of carbonyl (C=O) groups is 2. The van der Waals surface area contributed by atoms with Crippen molar-refractivity contribution in [3.05, 3.63) is 78.4 Å². The number of hydrogen-bond acceptors (Lipinski definition) is 5. The minimum Gasteiger partial charge on any atom is -0.454 e. The summed E-state index contributed by atoms with van der Waals surface area (Å²) in [4.78, 5) is 24.7. The largest absolute Gasteiger partial charge is 0.454 e. The lowest BCUT2D eigenvalue weighted by atomic mass is 10.00. The normalized spacial score (nSPS) is 11.7. The molecule has 3 aromatic rings. The predicted molar refractivity (Wildman–Crippen MR) is 103 cm³/mol. The van der Waals surface area contributed by atoms with Crippen molar-refractivity contribution in [1.29, 1.82) is 0 Å². The fourth-order valence-electron chi connectivity index (χ4n) is 2.91. The van der Waals surface area contributed by atoms with Gasteiger partial charge in [0.2, 0.25) is 6.79 Å². The molecule has 0 aliphatic carbocycles. The van der Waals surface area contributed by atoms with Gasteiger partial charge in [-0.05, 0) is 29.3 Å². The molecule has 6 nitrogen and oxygen atoms in total. The van der Waals surface area contributed by atoms with Crippen LogP contribution in [-0.4, -0.2) is 25.3 Å². The Morgan fingerprint density at radius 1 is 0.893 bits per heavy atom. The summed E-state index contributed by atoms with van der Waals surface area (Å²) in [5.74, 6) is 0.193. The highest BCUT2D eigenvalue weighted by atomic mass is 16.7. The second kappa shape index (κ2) is 7.84. The van der Waals surface area contributed by atoms with E-state index in [0.29, 0.717) is 22.7 Å². The summed E-state index contributed by atoms with van der Waals surface area (Å²) in [6.07, 6.45) is 0. The molecule has 0 aromatic heterocycles. The van der Waals surface area contributed by atoms with Crippen molar-refractivity contribution in [2.75, 3.05) is 18.7 Å². The lowest BCUT2D eigenvalue weighted by molar-refractivity contribution is -0.119. The summed E-state index contributed by atoms with van der Waals surface area (Å²) >= 11 is 0. The fraction of sp³-hybridized carbons (Fsp3) is 0.0909. The minimum atomic E-state index is -0.555. The Bertz CT molecular complexity index is 1020. The van der Waals surface area contributed by atoms with Crippen LogP contribution in [0.4, 0.5) is 5.69 Å². The molecular weight excluding hydrogens is 358 g/mol. The Morgan fingerprint density at radius 3 is 2.50 bits per heavy atom. The summed E-state index contributed by atoms with van der Waals surface area (Å²) in [6.45, 7) is -0.235. The van der Waals surface area contributed by atoms with Gasteiger partial charge in [-0.3, -0.25) is 4.79 Å². The van der Waals surface area contributed by atoms with E-state index in [9.17, 15) is 9.59 Å². The molecule has 0 radical (unpaired) electrons. The van der Waals surface area contributed by atoms with Crippen molar-refractivity contribution in [2.45, 2.75) is 0 Å². The monoisotopic (exact) mass is 375 g/mol. The molecule has 140 valence electrons. The van der Waals surface area contributed by atoms with Crippen LogP contribution in [0.2, 0.25) is 0 Å². The van der Waals surface area contributed by atoms with Crippen LogP contribution in [0.5, 0.6) is 11.5 Å². The topological polar surface area (TPSA) is 73.9 Å². The Labute approximate surface area is 161 Å². The van der Waals surface area contributed by atoms with E-state index in [1.807, 2.05) is 42.5 Å². The standard InChI is InChI=1S/C22H17NO5/c24-21(23-16-10-11-19-20(12-16)28-14-27-19)13-26-22(25)18-9-5-4-8-17(18)15-6-2-1-3-7-15/h1-12H,13-14H2,(H,23,24). The van der Waals surface area contributed by atoms with Crippen LogP contribution in [0, 0.1) is 0 Å². The second-order valence-electron chi connectivity index (χ2n) is 6.10. The van der Waals surface area contributed by atoms with Gasteiger partial charge in [0.25, 0.3) is 5.91 Å². The molecule has 0 saturated heterocycles. The first-order chi connectivity index (χ1) is 13.7. The number of benzene rings is 3. The highest BCUT2D eigenvalue weighted by Gasteiger charge is 2.17. The van der Waals surface area contributed by atoms with Gasteiger partial charge in [-0.15, -0.1) is 0 Å². The maximum absolute atomic E-state index is 12.5. The molecule has 1 N–H and O–H groups in total. The SMILES string of the molecule is O=C(COC(=O)c1ccccc1-c1ccccc1)Nc1ccc2c(c1)OCO2. The molecule has 1 amide bonds. The van der Waals surface area contributed by atoms with Crippen molar-refractivity contribution in [3.8, 4) is 22.6 Å². The zero-order valence-electron chi connectivity index (χ0n) is 14.9. The van der Waals surface area contributed by atoms with Gasteiger partial charge in [-0.1, -0.05) is 48.5 Å². The van der Waals surface area contributed by atoms with E-state index in [1.165, 1.54) is 0 Å². The second-order valence-corrected chi connectivity index (χ2v) is 6.10. The van der Waals surface area contributed by atoms with E-state index in [1.54, 1.807) is 30.3 Å². The number of esters is 1. The molecule has 0 saturated carbocycles. The molecule has 28 heavy (non-hydrogen) atoms. The van der Waals surface area contributed by atoms with Crippen LogP contribution in [-0.2, 0) is 9.53 Å². The average molecular weight is 375 g/mol. The van der Waals surface area contributed by atoms with Crippen LogP contribution < -0.4 is 14.8 Å². The van der Waals surface area contributed by atoms with Crippen molar-refractivity contribution >= 4 is 17.6 Å². The molecule has 0 spiro atoms. The number of nitrogens with one attached hydrogen (secondary N) is 1. The van der Waals surface area contributed by atoms with Crippen LogP contribution in [0.1, 0.15) is 10.4 Å². The Morgan fingerprint density at radius 2 is 1.64 bits per heavy atom. The van der Waals surface area contributed by atoms with Gasteiger partial charge in [0.1, 0.15) is 0 Å². The van der Waals surface area contributed by atoms with Gasteiger partial charge in [-0.2, -0.15) is 0 Å². The molecule has 0 unspecified atom stereocenters. The average Bonchev–Trinajstić information content (AvgIpc) is 3.20. The molecule has 0 fully saturated rings.